The lowest BCUT2D eigenvalue weighted by Crippen LogP contribution is -2.20. The maximum atomic E-state index is 5.95. The van der Waals surface area contributed by atoms with Gasteiger partial charge in [0.05, 0.1) is 24.2 Å². The first kappa shape index (κ1) is 10.8. The second-order valence-electron chi connectivity index (χ2n) is 4.12. The van der Waals surface area contributed by atoms with E-state index in [9.17, 15) is 0 Å². The third-order valence-electron chi connectivity index (χ3n) is 2.91. The van der Waals surface area contributed by atoms with Gasteiger partial charge in [0.15, 0.2) is 5.82 Å². The molecule has 0 aliphatic carbocycles. The lowest BCUT2D eigenvalue weighted by atomic mass is 10.2. The number of ether oxygens (including phenoxy) is 1. The summed E-state index contributed by atoms with van der Waals surface area (Å²) in [6.07, 6.45) is 4.06. The summed E-state index contributed by atoms with van der Waals surface area (Å²) in [6, 6.07) is 7.93. The fourth-order valence-corrected chi connectivity index (χ4v) is 2.11. The molecule has 5 nitrogen and oxygen atoms in total. The molecule has 1 aliphatic heterocycles. The SMILES string of the molecule is Nc1cncnc1N1CCCOc2ccccc21. The average Bonchev–Trinajstić information content (AvgIpc) is 2.62. The van der Waals surface area contributed by atoms with Crippen LogP contribution in [-0.4, -0.2) is 23.1 Å². The highest BCUT2D eigenvalue weighted by atomic mass is 16.5. The lowest BCUT2D eigenvalue weighted by Gasteiger charge is -2.23. The second kappa shape index (κ2) is 4.52. The van der Waals surface area contributed by atoms with E-state index in [1.807, 2.05) is 24.3 Å². The van der Waals surface area contributed by atoms with Crippen LogP contribution in [0.25, 0.3) is 0 Å². The van der Waals surface area contributed by atoms with Gasteiger partial charge in [0.25, 0.3) is 0 Å². The van der Waals surface area contributed by atoms with Crippen LogP contribution in [0.15, 0.2) is 36.8 Å². The van der Waals surface area contributed by atoms with Crippen LogP contribution in [0.2, 0.25) is 0 Å². The number of nitrogen functional groups attached to an aromatic ring is 1. The summed E-state index contributed by atoms with van der Waals surface area (Å²) in [4.78, 5) is 10.3. The van der Waals surface area contributed by atoms with Gasteiger partial charge in [0, 0.05) is 6.54 Å². The van der Waals surface area contributed by atoms with Crippen LogP contribution >= 0.6 is 0 Å². The normalized spacial score (nSPS) is 14.6. The Hall–Kier alpha value is -2.30. The zero-order valence-corrected chi connectivity index (χ0v) is 9.91. The first-order valence-electron chi connectivity index (χ1n) is 5.91. The van der Waals surface area contributed by atoms with Crippen molar-refractivity contribution in [2.45, 2.75) is 6.42 Å². The quantitative estimate of drug-likeness (QED) is 0.828. The molecule has 0 spiro atoms. The van der Waals surface area contributed by atoms with Gasteiger partial charge in [-0.25, -0.2) is 9.97 Å². The molecule has 1 aromatic heterocycles. The number of nitrogens with two attached hydrogens (primary N) is 1. The number of nitrogens with zero attached hydrogens (tertiary/aromatic N) is 3. The number of anilines is 3. The maximum Gasteiger partial charge on any atom is 0.159 e. The Morgan fingerprint density at radius 1 is 1.28 bits per heavy atom. The van der Waals surface area contributed by atoms with E-state index in [0.717, 1.165) is 30.2 Å². The molecule has 0 unspecified atom stereocenters. The molecule has 0 saturated heterocycles. The first-order valence-corrected chi connectivity index (χ1v) is 5.91. The predicted octanol–water partition coefficient (Wildman–Crippen LogP) is 1.98. The highest BCUT2D eigenvalue weighted by Gasteiger charge is 2.19. The predicted molar refractivity (Wildman–Crippen MR) is 70.0 cm³/mol. The molecule has 92 valence electrons. The number of fused-ring (bicyclic) bond motifs is 1. The average molecular weight is 242 g/mol. The van der Waals surface area contributed by atoms with E-state index in [2.05, 4.69) is 14.9 Å². The first-order chi connectivity index (χ1) is 8.86. The van der Waals surface area contributed by atoms with Crippen molar-refractivity contribution in [3.63, 3.8) is 0 Å². The van der Waals surface area contributed by atoms with Gasteiger partial charge < -0.3 is 15.4 Å². The molecule has 0 bridgehead atoms. The van der Waals surface area contributed by atoms with E-state index in [0.29, 0.717) is 12.3 Å². The number of rotatable bonds is 1. The van der Waals surface area contributed by atoms with Gasteiger partial charge in [-0.05, 0) is 18.6 Å². The molecule has 1 aliphatic rings. The van der Waals surface area contributed by atoms with Crippen LogP contribution in [0.5, 0.6) is 5.75 Å². The van der Waals surface area contributed by atoms with Gasteiger partial charge in [-0.3, -0.25) is 0 Å². The fraction of sp³-hybridized carbons (Fsp3) is 0.231. The van der Waals surface area contributed by atoms with Crippen molar-refractivity contribution >= 4 is 17.2 Å². The van der Waals surface area contributed by atoms with Crippen molar-refractivity contribution in [1.29, 1.82) is 0 Å². The Labute approximate surface area is 105 Å². The molecule has 0 fully saturated rings. The van der Waals surface area contributed by atoms with Crippen LogP contribution in [0, 0.1) is 0 Å². The monoisotopic (exact) mass is 242 g/mol. The maximum absolute atomic E-state index is 5.95. The molecule has 18 heavy (non-hydrogen) atoms. The van der Waals surface area contributed by atoms with Crippen LogP contribution in [0.1, 0.15) is 6.42 Å². The van der Waals surface area contributed by atoms with Crippen molar-refractivity contribution in [1.82, 2.24) is 9.97 Å². The van der Waals surface area contributed by atoms with Crippen LogP contribution < -0.4 is 15.4 Å². The summed E-state index contributed by atoms with van der Waals surface area (Å²) >= 11 is 0. The Kier molecular flexibility index (Phi) is 2.72. The molecule has 2 aromatic rings. The lowest BCUT2D eigenvalue weighted by molar-refractivity contribution is 0.322. The van der Waals surface area contributed by atoms with E-state index in [1.54, 1.807) is 6.20 Å². The van der Waals surface area contributed by atoms with Gasteiger partial charge in [-0.1, -0.05) is 12.1 Å². The highest BCUT2D eigenvalue weighted by Crippen LogP contribution is 2.36. The molecule has 0 amide bonds. The van der Waals surface area contributed by atoms with Crippen molar-refractivity contribution < 1.29 is 4.74 Å². The standard InChI is InChI=1S/C13H14N4O/c14-10-8-15-9-16-13(10)17-6-3-7-18-12-5-2-1-4-11(12)17/h1-2,4-5,8-9H,3,6-7,14H2. The zero-order valence-electron chi connectivity index (χ0n) is 9.91. The second-order valence-corrected chi connectivity index (χ2v) is 4.12. The minimum Gasteiger partial charge on any atom is -0.491 e. The summed E-state index contributed by atoms with van der Waals surface area (Å²) in [7, 11) is 0. The number of hydrogen-bond acceptors (Lipinski definition) is 5. The summed E-state index contributed by atoms with van der Waals surface area (Å²) in [6.45, 7) is 1.54. The molecular formula is C13H14N4O. The molecular weight excluding hydrogens is 228 g/mol. The summed E-state index contributed by atoms with van der Waals surface area (Å²) < 4.78 is 5.71. The summed E-state index contributed by atoms with van der Waals surface area (Å²) in [5.41, 5.74) is 7.53. The molecule has 0 radical (unpaired) electrons. The van der Waals surface area contributed by atoms with Gasteiger partial charge in [-0.15, -0.1) is 0 Å². The van der Waals surface area contributed by atoms with E-state index in [4.69, 9.17) is 10.5 Å². The number of aromatic nitrogens is 2. The molecule has 5 heteroatoms. The van der Waals surface area contributed by atoms with Crippen molar-refractivity contribution in [2.24, 2.45) is 0 Å². The minimum atomic E-state index is 0.578. The third-order valence-corrected chi connectivity index (χ3v) is 2.91. The topological polar surface area (TPSA) is 64.3 Å². The third kappa shape index (κ3) is 1.84. The van der Waals surface area contributed by atoms with E-state index >= 15 is 0 Å². The van der Waals surface area contributed by atoms with Crippen LogP contribution in [0.4, 0.5) is 17.2 Å². The number of benzene rings is 1. The molecule has 2 heterocycles. The molecule has 0 saturated carbocycles. The highest BCUT2D eigenvalue weighted by molar-refractivity contribution is 5.74. The zero-order chi connectivity index (χ0) is 12.4. The summed E-state index contributed by atoms with van der Waals surface area (Å²) in [5.74, 6) is 1.61. The van der Waals surface area contributed by atoms with E-state index in [-0.39, 0.29) is 0 Å². The molecule has 3 rings (SSSR count). The number of para-hydroxylation sites is 2. The Morgan fingerprint density at radius 2 is 2.17 bits per heavy atom. The Morgan fingerprint density at radius 3 is 3.06 bits per heavy atom. The largest absolute Gasteiger partial charge is 0.491 e. The van der Waals surface area contributed by atoms with Gasteiger partial charge in [0.2, 0.25) is 0 Å². The Bertz CT molecular complexity index is 558. The van der Waals surface area contributed by atoms with Crippen LogP contribution in [0.3, 0.4) is 0 Å². The fourth-order valence-electron chi connectivity index (χ4n) is 2.11. The molecule has 2 N–H and O–H groups in total. The van der Waals surface area contributed by atoms with Crippen LogP contribution in [-0.2, 0) is 0 Å². The van der Waals surface area contributed by atoms with Gasteiger partial charge in [-0.2, -0.15) is 0 Å². The number of hydrogen-bond donors (Lipinski definition) is 1. The van der Waals surface area contributed by atoms with Crippen molar-refractivity contribution in [2.75, 3.05) is 23.8 Å². The smallest absolute Gasteiger partial charge is 0.159 e. The van der Waals surface area contributed by atoms with E-state index < -0.39 is 0 Å². The Balaban J connectivity index is 2.10. The van der Waals surface area contributed by atoms with Crippen molar-refractivity contribution in [3.05, 3.63) is 36.8 Å². The van der Waals surface area contributed by atoms with Gasteiger partial charge in [0.1, 0.15) is 12.1 Å². The molecule has 0 atom stereocenters. The molecule has 1 aromatic carbocycles. The van der Waals surface area contributed by atoms with Gasteiger partial charge >= 0.3 is 0 Å². The van der Waals surface area contributed by atoms with Crippen molar-refractivity contribution in [3.8, 4) is 5.75 Å². The summed E-state index contributed by atoms with van der Waals surface area (Å²) in [5, 5.41) is 0. The van der Waals surface area contributed by atoms with E-state index in [1.165, 1.54) is 6.33 Å². The minimum absolute atomic E-state index is 0.578.